The smallest absolute Gasteiger partial charge is 0.325 e. The highest BCUT2D eigenvalue weighted by atomic mass is 28.4. The Morgan fingerprint density at radius 3 is 1.46 bits per heavy atom. The predicted octanol–water partition coefficient (Wildman–Crippen LogP) is 12.6. The third-order valence-electron chi connectivity index (χ3n) is 15.6. The number of hydrogen-bond donors (Lipinski definition) is 2. The fraction of sp³-hybridized carbons (Fsp3) is 0.415. The number of amides is 1. The minimum atomic E-state index is -1.95. The Morgan fingerprint density at radius 1 is 0.615 bits per heavy atom. The maximum absolute atomic E-state index is 13.5. The number of carbonyl (C=O) groups excluding carboxylic acids is 2. The normalized spacial score (nSPS) is 18.1. The van der Waals surface area contributed by atoms with Gasteiger partial charge in [0.2, 0.25) is 5.91 Å². The van der Waals surface area contributed by atoms with Gasteiger partial charge in [-0.25, -0.2) is 0 Å². The van der Waals surface area contributed by atoms with E-state index in [1.807, 2.05) is 84.1 Å². The number of nitrogens with zero attached hydrogens (tertiary/aromatic N) is 2. The van der Waals surface area contributed by atoms with E-state index in [0.29, 0.717) is 45.7 Å². The van der Waals surface area contributed by atoms with Crippen molar-refractivity contribution < 1.29 is 32.9 Å². The molecule has 3 heterocycles. The summed E-state index contributed by atoms with van der Waals surface area (Å²) < 4.78 is 17.9. The van der Waals surface area contributed by atoms with E-state index in [0.717, 1.165) is 45.3 Å². The average molecular weight is 1090 g/mol. The molecule has 2 N–H and O–H groups in total. The third-order valence-corrected chi connectivity index (χ3v) is 24.6. The van der Waals surface area contributed by atoms with Crippen LogP contribution < -0.4 is 5.32 Å². The van der Waals surface area contributed by atoms with Crippen LogP contribution in [0.15, 0.2) is 128 Å². The monoisotopic (exact) mass is 1090 g/mol. The van der Waals surface area contributed by atoms with Crippen molar-refractivity contribution in [1.82, 2.24) is 20.4 Å². The molecule has 8 rings (SSSR count). The first-order chi connectivity index (χ1) is 37.0. The summed E-state index contributed by atoms with van der Waals surface area (Å²) in [4.78, 5) is 41.8. The van der Waals surface area contributed by atoms with Crippen molar-refractivity contribution in [3.8, 4) is 23.7 Å². The second kappa shape index (κ2) is 26.2. The van der Waals surface area contributed by atoms with E-state index in [9.17, 15) is 9.59 Å². The molecule has 5 aromatic carbocycles. The highest BCUT2D eigenvalue weighted by Gasteiger charge is 2.44. The molecule has 13 heteroatoms. The number of aromatic amines is 1. The number of methoxy groups -OCH3 is 1. The van der Waals surface area contributed by atoms with E-state index in [1.165, 1.54) is 29.2 Å². The van der Waals surface area contributed by atoms with Crippen LogP contribution in [0.2, 0.25) is 36.3 Å². The van der Waals surface area contributed by atoms with Crippen LogP contribution >= 0.6 is 0 Å². The molecule has 2 fully saturated rings. The second-order valence-electron chi connectivity index (χ2n) is 23.8. The molecule has 0 bridgehead atoms. The van der Waals surface area contributed by atoms with Crippen LogP contribution in [-0.4, -0.2) is 94.8 Å². The van der Waals surface area contributed by atoms with Gasteiger partial charge in [0, 0.05) is 58.7 Å². The Bertz CT molecular complexity index is 3060. The molecular weight excluding hydrogens is 1000 g/mol. The number of aromatic nitrogens is 1. The van der Waals surface area contributed by atoms with E-state index in [1.54, 1.807) is 5.06 Å². The fourth-order valence-corrected chi connectivity index (χ4v) is 10.6. The van der Waals surface area contributed by atoms with Crippen LogP contribution in [0.4, 0.5) is 0 Å². The Kier molecular flexibility index (Phi) is 20.0. The minimum absolute atomic E-state index is 0.0137. The molecule has 4 atom stereocenters. The number of hydroxylamine groups is 4. The van der Waals surface area contributed by atoms with Gasteiger partial charge >= 0.3 is 5.97 Å². The molecule has 4 unspecified atom stereocenters. The Balaban J connectivity index is 0.000000234. The number of rotatable bonds is 15. The van der Waals surface area contributed by atoms with Crippen molar-refractivity contribution in [2.24, 2.45) is 0 Å². The van der Waals surface area contributed by atoms with Crippen molar-refractivity contribution in [2.75, 3.05) is 26.9 Å². The molecule has 0 spiro atoms. The lowest BCUT2D eigenvalue weighted by Crippen LogP contribution is -2.43. The number of carbonyl (C=O) groups is 2. The van der Waals surface area contributed by atoms with Gasteiger partial charge < -0.3 is 23.9 Å². The Hall–Kier alpha value is -6.11. The predicted molar refractivity (Wildman–Crippen MR) is 318 cm³/mol. The first-order valence-electron chi connectivity index (χ1n) is 27.4. The first-order valence-corrected chi connectivity index (χ1v) is 33.2. The molecule has 1 aromatic heterocycles. The molecule has 0 radical (unpaired) electrons. The van der Waals surface area contributed by atoms with E-state index in [2.05, 4.69) is 164 Å². The molecule has 2 saturated heterocycles. The van der Waals surface area contributed by atoms with Gasteiger partial charge in [-0.1, -0.05) is 143 Å². The van der Waals surface area contributed by atoms with Gasteiger partial charge in [-0.3, -0.25) is 19.3 Å². The summed E-state index contributed by atoms with van der Waals surface area (Å²) in [7, 11) is -2.43. The van der Waals surface area contributed by atoms with Crippen LogP contribution in [0.25, 0.3) is 10.9 Å². The maximum atomic E-state index is 13.5. The summed E-state index contributed by atoms with van der Waals surface area (Å²) in [6.45, 7) is 28.9. The van der Waals surface area contributed by atoms with E-state index < -0.39 is 28.7 Å². The fourth-order valence-electron chi connectivity index (χ4n) is 8.55. The largest absolute Gasteiger partial charge is 0.468 e. The summed E-state index contributed by atoms with van der Waals surface area (Å²) >= 11 is 0. The lowest BCUT2D eigenvalue weighted by Gasteiger charge is -2.36. The van der Waals surface area contributed by atoms with Crippen LogP contribution in [-0.2, 0) is 52.4 Å². The van der Waals surface area contributed by atoms with Gasteiger partial charge in [0.05, 0.1) is 33.4 Å². The third kappa shape index (κ3) is 16.5. The summed E-state index contributed by atoms with van der Waals surface area (Å²) in [5, 5.41) is 8.18. The van der Waals surface area contributed by atoms with E-state index >= 15 is 0 Å². The van der Waals surface area contributed by atoms with Gasteiger partial charge in [-0.05, 0) is 128 Å². The van der Waals surface area contributed by atoms with Crippen molar-refractivity contribution >= 4 is 39.4 Å². The van der Waals surface area contributed by atoms with Gasteiger partial charge in [-0.2, -0.15) is 10.1 Å². The molecule has 2 aliphatic heterocycles. The Morgan fingerprint density at radius 2 is 1.03 bits per heavy atom. The highest BCUT2D eigenvalue weighted by molar-refractivity contribution is 6.74. The lowest BCUT2D eigenvalue weighted by atomic mass is 10.1. The standard InChI is InChI=1S/C37H45N3O3Si.C28H37NO4Si/c1-27-11-13-28(14-12-27)15-16-29-17-19-30(20-18-29)25-40-35(23-32(43-40)26-42-44(5,6)37(2,3)4)36(41)38-22-21-31-24-39-34-10-8-7-9-33(31)34;1-21-8-10-22(11-9-21)12-13-23-14-16-24(17-15-23)19-29-26(27(30)31-5)18-25(33-29)20-32-34(6,7)28(2,3)4/h7-14,17-20,24,32,35,39H,21-23,25-26H2,1-6H3,(H,38,41);8-11,14-17,25-26H,18-20H2,1-7H3. The molecule has 11 nitrogen and oxygen atoms in total. The number of ether oxygens (including phenoxy) is 1. The number of para-hydroxylation sites is 1. The zero-order valence-electron chi connectivity index (χ0n) is 48.3. The summed E-state index contributed by atoms with van der Waals surface area (Å²) in [6.07, 6.45) is 3.60. The number of hydrogen-bond acceptors (Lipinski definition) is 9. The molecule has 1 amide bonds. The van der Waals surface area contributed by atoms with Crippen molar-refractivity contribution in [2.45, 2.75) is 148 Å². The topological polar surface area (TPSA) is 115 Å². The van der Waals surface area contributed by atoms with E-state index in [-0.39, 0.29) is 34.2 Å². The molecule has 2 aliphatic rings. The summed E-state index contributed by atoms with van der Waals surface area (Å²) in [5.74, 6) is 12.6. The van der Waals surface area contributed by atoms with Gasteiger partial charge in [0.25, 0.3) is 0 Å². The van der Waals surface area contributed by atoms with Crippen LogP contribution in [0.1, 0.15) is 104 Å². The van der Waals surface area contributed by atoms with Crippen LogP contribution in [0.3, 0.4) is 0 Å². The number of aryl methyl sites for hydroxylation is 2. The number of benzene rings is 5. The zero-order chi connectivity index (χ0) is 56.3. The summed E-state index contributed by atoms with van der Waals surface area (Å²) in [6, 6.07) is 40.0. The number of nitrogens with one attached hydrogen (secondary N) is 2. The molecule has 78 heavy (non-hydrogen) atoms. The zero-order valence-corrected chi connectivity index (χ0v) is 50.3. The molecule has 0 saturated carbocycles. The molecular formula is C65H82N4O7Si2. The van der Waals surface area contributed by atoms with E-state index in [4.69, 9.17) is 23.3 Å². The number of fused-ring (bicyclic) bond motifs is 1. The van der Waals surface area contributed by atoms with Gasteiger partial charge in [-0.15, -0.1) is 0 Å². The molecule has 412 valence electrons. The van der Waals surface area contributed by atoms with Gasteiger partial charge in [0.1, 0.15) is 24.3 Å². The molecule has 0 aliphatic carbocycles. The minimum Gasteiger partial charge on any atom is -0.468 e. The lowest BCUT2D eigenvalue weighted by molar-refractivity contribution is -0.188. The molecule has 6 aromatic rings. The second-order valence-corrected chi connectivity index (χ2v) is 33.4. The first kappa shape index (κ1) is 59.6. The van der Waals surface area contributed by atoms with Crippen molar-refractivity contribution in [3.05, 3.63) is 178 Å². The van der Waals surface area contributed by atoms with Crippen LogP contribution in [0, 0.1) is 37.5 Å². The SMILES string of the molecule is COC(=O)C1CC(CO[Si](C)(C)C(C)(C)C)ON1Cc1ccc(C#Cc2ccc(C)cc2)cc1.Cc1ccc(C#Cc2ccc(CN3OC(CO[Si](C)(C)C(C)(C)C)CC3C(=O)NCCc3c[nH]c4ccccc34)cc2)cc1. The highest BCUT2D eigenvalue weighted by Crippen LogP contribution is 2.39. The average Bonchev–Trinajstić information content (AvgIpc) is 4.14. The summed E-state index contributed by atoms with van der Waals surface area (Å²) in [5.41, 5.74) is 10.7. The van der Waals surface area contributed by atoms with Crippen molar-refractivity contribution in [3.63, 3.8) is 0 Å². The number of esters is 1. The van der Waals surface area contributed by atoms with Crippen LogP contribution in [0.5, 0.6) is 0 Å². The maximum Gasteiger partial charge on any atom is 0.325 e. The number of H-pyrrole nitrogens is 1. The quantitative estimate of drug-likeness (QED) is 0.0589. The van der Waals surface area contributed by atoms with Crippen molar-refractivity contribution in [1.29, 1.82) is 0 Å². The van der Waals surface area contributed by atoms with Gasteiger partial charge in [0.15, 0.2) is 16.6 Å². The Labute approximate surface area is 466 Å².